The van der Waals surface area contributed by atoms with Crippen molar-refractivity contribution in [3.05, 3.63) is 23.0 Å². The first-order chi connectivity index (χ1) is 8.29. The Labute approximate surface area is 111 Å². The van der Waals surface area contributed by atoms with E-state index < -0.39 is 5.82 Å². The van der Waals surface area contributed by atoms with Gasteiger partial charge in [0.25, 0.3) is 0 Å². The van der Waals surface area contributed by atoms with E-state index in [0.29, 0.717) is 24.3 Å². The number of nitrogens with one attached hydrogen (secondary N) is 1. The average Bonchev–Trinajstić information content (AvgIpc) is 2.37. The summed E-state index contributed by atoms with van der Waals surface area (Å²) in [7, 11) is 0. The Kier molecular flexibility index (Phi) is 3.23. The van der Waals surface area contributed by atoms with Gasteiger partial charge in [-0.15, -0.1) is 0 Å². The van der Waals surface area contributed by atoms with Crippen molar-refractivity contribution < 1.29 is 9.18 Å². The van der Waals surface area contributed by atoms with Gasteiger partial charge in [-0.2, -0.15) is 0 Å². The number of hydrogen-bond donors (Lipinski definition) is 1. The van der Waals surface area contributed by atoms with Crippen molar-refractivity contribution >= 4 is 28.9 Å². The van der Waals surface area contributed by atoms with E-state index in [4.69, 9.17) is 11.6 Å². The van der Waals surface area contributed by atoms with Crippen molar-refractivity contribution in [1.82, 2.24) is 0 Å². The van der Waals surface area contributed by atoms with Crippen LogP contribution in [0.15, 0.2) is 12.1 Å². The van der Waals surface area contributed by atoms with Crippen molar-refractivity contribution in [1.29, 1.82) is 0 Å². The summed E-state index contributed by atoms with van der Waals surface area (Å²) in [5.74, 6) is -0.550. The zero-order valence-electron chi connectivity index (χ0n) is 10.7. The Balaban J connectivity index is 2.57. The molecule has 0 atom stereocenters. The van der Waals surface area contributed by atoms with E-state index in [1.54, 1.807) is 0 Å². The highest BCUT2D eigenvalue weighted by Crippen LogP contribution is 2.36. The van der Waals surface area contributed by atoms with Gasteiger partial charge < -0.3 is 10.2 Å². The van der Waals surface area contributed by atoms with Crippen LogP contribution in [0.4, 0.5) is 15.8 Å². The van der Waals surface area contributed by atoms with Crippen molar-refractivity contribution in [3.8, 4) is 0 Å². The normalized spacial score (nSPS) is 16.1. The second kappa shape index (κ2) is 4.43. The van der Waals surface area contributed by atoms with Gasteiger partial charge in [-0.25, -0.2) is 4.39 Å². The third-order valence-electron chi connectivity index (χ3n) is 2.98. The maximum absolute atomic E-state index is 13.6. The molecule has 2 rings (SSSR count). The van der Waals surface area contributed by atoms with Crippen LogP contribution in [-0.4, -0.2) is 18.0 Å². The molecule has 1 aliphatic rings. The van der Waals surface area contributed by atoms with Crippen LogP contribution < -0.4 is 10.2 Å². The Morgan fingerprint density at radius 3 is 2.67 bits per heavy atom. The van der Waals surface area contributed by atoms with E-state index in [1.807, 2.05) is 25.7 Å². The van der Waals surface area contributed by atoms with Crippen LogP contribution in [-0.2, 0) is 4.79 Å². The smallest absolute Gasteiger partial charge is 0.226 e. The molecule has 1 aromatic carbocycles. The zero-order valence-corrected chi connectivity index (χ0v) is 11.4. The Bertz CT molecular complexity index is 496. The molecule has 3 nitrogen and oxygen atoms in total. The molecule has 0 saturated heterocycles. The zero-order chi connectivity index (χ0) is 13.5. The van der Waals surface area contributed by atoms with Crippen LogP contribution in [0, 0.1) is 5.82 Å². The minimum atomic E-state index is -0.471. The molecule has 0 radical (unpaired) electrons. The fourth-order valence-corrected chi connectivity index (χ4v) is 2.27. The van der Waals surface area contributed by atoms with E-state index in [1.165, 1.54) is 12.1 Å². The molecule has 0 fully saturated rings. The number of carbonyl (C=O) groups is 1. The number of halogens is 2. The summed E-state index contributed by atoms with van der Waals surface area (Å²) < 4.78 is 13.6. The summed E-state index contributed by atoms with van der Waals surface area (Å²) in [6, 6.07) is 2.85. The molecule has 0 bridgehead atoms. The fourth-order valence-electron chi connectivity index (χ4n) is 2.10. The first kappa shape index (κ1) is 13.1. The lowest BCUT2D eigenvalue weighted by molar-refractivity contribution is -0.116. The molecular weight excluding hydrogens is 255 g/mol. The first-order valence-electron chi connectivity index (χ1n) is 5.85. The summed E-state index contributed by atoms with van der Waals surface area (Å²) in [4.78, 5) is 13.7. The van der Waals surface area contributed by atoms with Crippen LogP contribution in [0.25, 0.3) is 0 Å². The molecule has 5 heteroatoms. The van der Waals surface area contributed by atoms with Gasteiger partial charge in [0.1, 0.15) is 5.82 Å². The maximum atomic E-state index is 13.6. The molecule has 98 valence electrons. The minimum Gasteiger partial charge on any atom is -0.364 e. The highest BCUT2D eigenvalue weighted by Gasteiger charge is 2.28. The molecule has 1 heterocycles. The number of carbonyl (C=O) groups excluding carboxylic acids is 1. The summed E-state index contributed by atoms with van der Waals surface area (Å²) in [6.45, 7) is 6.64. The molecule has 0 unspecified atom stereocenters. The standard InChI is InChI=1S/C13H16ClFN2O/c1-13(2,3)17-5-4-12(18)16-10-6-8(14)9(15)7-11(10)17/h6-7H,4-5H2,1-3H3,(H,16,18). The van der Waals surface area contributed by atoms with Crippen LogP contribution in [0.5, 0.6) is 0 Å². The largest absolute Gasteiger partial charge is 0.364 e. The Morgan fingerprint density at radius 2 is 2.06 bits per heavy atom. The van der Waals surface area contributed by atoms with Crippen molar-refractivity contribution in [3.63, 3.8) is 0 Å². The van der Waals surface area contributed by atoms with E-state index >= 15 is 0 Å². The lowest BCUT2D eigenvalue weighted by Crippen LogP contribution is -2.42. The van der Waals surface area contributed by atoms with Gasteiger partial charge in [0.05, 0.1) is 16.4 Å². The van der Waals surface area contributed by atoms with Gasteiger partial charge in [0.2, 0.25) is 5.91 Å². The van der Waals surface area contributed by atoms with Gasteiger partial charge in [-0.1, -0.05) is 11.6 Å². The number of fused-ring (bicyclic) bond motifs is 1. The van der Waals surface area contributed by atoms with Crippen LogP contribution in [0.3, 0.4) is 0 Å². The van der Waals surface area contributed by atoms with Crippen LogP contribution >= 0.6 is 11.6 Å². The number of rotatable bonds is 0. The second-order valence-corrected chi connectivity index (χ2v) is 5.81. The highest BCUT2D eigenvalue weighted by molar-refractivity contribution is 6.31. The molecule has 1 N–H and O–H groups in total. The van der Waals surface area contributed by atoms with E-state index in [0.717, 1.165) is 0 Å². The Hall–Kier alpha value is -1.29. The van der Waals surface area contributed by atoms with Gasteiger partial charge in [-0.3, -0.25) is 4.79 Å². The molecule has 18 heavy (non-hydrogen) atoms. The predicted octanol–water partition coefficient (Wildman–Crippen LogP) is 3.43. The van der Waals surface area contributed by atoms with Gasteiger partial charge >= 0.3 is 0 Å². The topological polar surface area (TPSA) is 32.3 Å². The summed E-state index contributed by atoms with van der Waals surface area (Å²) >= 11 is 5.76. The lowest BCUT2D eigenvalue weighted by atomic mass is 10.0. The number of hydrogen-bond acceptors (Lipinski definition) is 2. The van der Waals surface area contributed by atoms with Crippen molar-refractivity contribution in [2.24, 2.45) is 0 Å². The van der Waals surface area contributed by atoms with Gasteiger partial charge in [0.15, 0.2) is 0 Å². The van der Waals surface area contributed by atoms with Gasteiger partial charge in [-0.05, 0) is 26.8 Å². The average molecular weight is 271 g/mol. The van der Waals surface area contributed by atoms with Crippen LogP contribution in [0.2, 0.25) is 5.02 Å². The molecule has 0 spiro atoms. The van der Waals surface area contributed by atoms with E-state index in [-0.39, 0.29) is 16.5 Å². The lowest BCUT2D eigenvalue weighted by Gasteiger charge is -2.37. The van der Waals surface area contributed by atoms with Crippen molar-refractivity contribution in [2.75, 3.05) is 16.8 Å². The molecule has 1 aromatic rings. The van der Waals surface area contributed by atoms with Crippen molar-refractivity contribution in [2.45, 2.75) is 32.7 Å². The SMILES string of the molecule is CC(C)(C)N1CCC(=O)Nc2cc(Cl)c(F)cc21. The predicted molar refractivity (Wildman–Crippen MR) is 71.8 cm³/mol. The molecule has 0 aliphatic carbocycles. The number of benzene rings is 1. The highest BCUT2D eigenvalue weighted by atomic mass is 35.5. The third kappa shape index (κ3) is 2.43. The number of anilines is 2. The molecule has 1 aliphatic heterocycles. The Morgan fingerprint density at radius 1 is 1.39 bits per heavy atom. The number of nitrogens with zero attached hydrogens (tertiary/aromatic N) is 1. The molecule has 0 aromatic heterocycles. The maximum Gasteiger partial charge on any atom is 0.226 e. The molecule has 1 amide bonds. The minimum absolute atomic E-state index is 0.0183. The summed E-state index contributed by atoms with van der Waals surface area (Å²) in [5, 5.41) is 2.78. The molecule has 0 saturated carbocycles. The van der Waals surface area contributed by atoms with Gasteiger partial charge in [0, 0.05) is 24.6 Å². The fraction of sp³-hybridized carbons (Fsp3) is 0.462. The van der Waals surface area contributed by atoms with E-state index in [2.05, 4.69) is 5.32 Å². The summed E-state index contributed by atoms with van der Waals surface area (Å²) in [5.41, 5.74) is 1.05. The second-order valence-electron chi connectivity index (χ2n) is 5.40. The summed E-state index contributed by atoms with van der Waals surface area (Å²) in [6.07, 6.45) is 0.380. The molecular formula is C13H16ClFN2O. The quantitative estimate of drug-likeness (QED) is 0.783. The number of amides is 1. The monoisotopic (exact) mass is 270 g/mol. The third-order valence-corrected chi connectivity index (χ3v) is 3.27. The van der Waals surface area contributed by atoms with E-state index in [9.17, 15) is 9.18 Å². The first-order valence-corrected chi connectivity index (χ1v) is 6.23. The van der Waals surface area contributed by atoms with Crippen LogP contribution in [0.1, 0.15) is 27.2 Å².